The number of carbonyl (C=O) groups is 4. The molecule has 2 atom stereocenters. The van der Waals surface area contributed by atoms with Crippen LogP contribution in [0.1, 0.15) is 66.4 Å². The Morgan fingerprint density at radius 1 is 0.931 bits per heavy atom. The molecule has 6 heteroatoms. The molecule has 0 unspecified atom stereocenters. The Bertz CT molecular complexity index is 822. The van der Waals surface area contributed by atoms with Crippen LogP contribution < -0.4 is 0 Å². The first-order chi connectivity index (χ1) is 14.0. The summed E-state index contributed by atoms with van der Waals surface area (Å²) in [5.74, 6) is -1.52. The molecule has 29 heavy (non-hydrogen) atoms. The zero-order valence-electron chi connectivity index (χ0n) is 16.7. The molecule has 1 heterocycles. The molecule has 2 aliphatic carbocycles. The zero-order chi connectivity index (χ0) is 20.4. The van der Waals surface area contributed by atoms with Gasteiger partial charge in [-0.15, -0.1) is 0 Å². The van der Waals surface area contributed by atoms with Gasteiger partial charge in [0.1, 0.15) is 0 Å². The van der Waals surface area contributed by atoms with Gasteiger partial charge in [0, 0.05) is 12.1 Å². The van der Waals surface area contributed by atoms with Crippen molar-refractivity contribution in [1.29, 1.82) is 0 Å². The number of nitrogens with zero attached hydrogens (tertiary/aromatic N) is 1. The summed E-state index contributed by atoms with van der Waals surface area (Å²) in [6.07, 6.45) is 7.73. The van der Waals surface area contributed by atoms with Gasteiger partial charge in [0.25, 0.3) is 0 Å². The number of fused-ring (bicyclic) bond motifs is 2. The minimum absolute atomic E-state index is 0.0382. The van der Waals surface area contributed by atoms with Crippen LogP contribution in [0.4, 0.5) is 0 Å². The average molecular weight is 397 g/mol. The van der Waals surface area contributed by atoms with Gasteiger partial charge >= 0.3 is 5.97 Å². The monoisotopic (exact) mass is 397 g/mol. The van der Waals surface area contributed by atoms with Crippen LogP contribution in [0.5, 0.6) is 0 Å². The van der Waals surface area contributed by atoms with E-state index in [2.05, 4.69) is 0 Å². The minimum Gasteiger partial charge on any atom is -0.457 e. The molecule has 1 aromatic rings. The summed E-state index contributed by atoms with van der Waals surface area (Å²) in [6, 6.07) is 5.70. The van der Waals surface area contributed by atoms with Gasteiger partial charge in [-0.3, -0.25) is 24.1 Å². The lowest BCUT2D eigenvalue weighted by Gasteiger charge is -2.19. The summed E-state index contributed by atoms with van der Waals surface area (Å²) in [5, 5.41) is 0. The number of imide groups is 1. The van der Waals surface area contributed by atoms with Crippen molar-refractivity contribution >= 4 is 23.6 Å². The number of amides is 2. The Morgan fingerprint density at radius 3 is 2.28 bits per heavy atom. The molecule has 1 aliphatic heterocycles. The molecule has 2 amide bonds. The first-order valence-electron chi connectivity index (χ1n) is 10.7. The van der Waals surface area contributed by atoms with E-state index in [1.54, 1.807) is 6.07 Å². The van der Waals surface area contributed by atoms with E-state index in [0.29, 0.717) is 5.56 Å². The fourth-order valence-corrected chi connectivity index (χ4v) is 4.86. The van der Waals surface area contributed by atoms with Crippen molar-refractivity contribution in [1.82, 2.24) is 4.90 Å². The number of Topliss-reactive ketones (excluding diaryl/α,β-unsaturated/α-hetero) is 1. The summed E-state index contributed by atoms with van der Waals surface area (Å²) >= 11 is 0. The second-order valence-corrected chi connectivity index (χ2v) is 8.35. The Kier molecular flexibility index (Phi) is 5.79. The topological polar surface area (TPSA) is 80.8 Å². The second-order valence-electron chi connectivity index (χ2n) is 8.35. The Morgan fingerprint density at radius 2 is 1.59 bits per heavy atom. The third-order valence-corrected chi connectivity index (χ3v) is 6.51. The van der Waals surface area contributed by atoms with E-state index in [1.165, 1.54) is 22.4 Å². The van der Waals surface area contributed by atoms with E-state index in [9.17, 15) is 19.2 Å². The lowest BCUT2D eigenvalue weighted by atomic mass is 9.81. The van der Waals surface area contributed by atoms with Crippen molar-refractivity contribution in [3.8, 4) is 0 Å². The number of hydrogen-bond acceptors (Lipinski definition) is 5. The van der Waals surface area contributed by atoms with E-state index in [0.717, 1.165) is 44.9 Å². The summed E-state index contributed by atoms with van der Waals surface area (Å²) in [6.45, 7) is -0.276. The molecule has 3 aliphatic rings. The van der Waals surface area contributed by atoms with E-state index < -0.39 is 5.97 Å². The van der Waals surface area contributed by atoms with E-state index in [-0.39, 0.29) is 49.0 Å². The molecule has 0 aromatic heterocycles. The maximum atomic E-state index is 12.4. The van der Waals surface area contributed by atoms with Crippen molar-refractivity contribution in [2.45, 2.75) is 57.8 Å². The van der Waals surface area contributed by atoms with Gasteiger partial charge in [0.05, 0.1) is 18.3 Å². The first kappa shape index (κ1) is 19.8. The molecule has 4 rings (SSSR count). The van der Waals surface area contributed by atoms with Gasteiger partial charge in [-0.1, -0.05) is 25.0 Å². The minimum atomic E-state index is -0.563. The zero-order valence-corrected chi connectivity index (χ0v) is 16.7. The highest BCUT2D eigenvalue weighted by atomic mass is 16.5. The van der Waals surface area contributed by atoms with Crippen molar-refractivity contribution in [3.05, 3.63) is 34.9 Å². The van der Waals surface area contributed by atoms with Crippen molar-refractivity contribution in [2.24, 2.45) is 11.8 Å². The van der Waals surface area contributed by atoms with Crippen LogP contribution in [-0.4, -0.2) is 41.6 Å². The van der Waals surface area contributed by atoms with Crippen LogP contribution in [0.2, 0.25) is 0 Å². The third-order valence-electron chi connectivity index (χ3n) is 6.51. The SMILES string of the molecule is O=C(CCN1C(=O)[C@@H]2CCCC[C@H]2C1=O)OCC(=O)c1ccc2c(c1)CCCC2. The predicted molar refractivity (Wildman–Crippen MR) is 105 cm³/mol. The molecule has 0 radical (unpaired) electrons. The number of rotatable bonds is 6. The predicted octanol–water partition coefficient (Wildman–Crippen LogP) is 2.86. The Balaban J connectivity index is 1.26. The van der Waals surface area contributed by atoms with Crippen LogP contribution in [0.25, 0.3) is 0 Å². The molecule has 2 fully saturated rings. The summed E-state index contributed by atoms with van der Waals surface area (Å²) in [5.41, 5.74) is 3.07. The van der Waals surface area contributed by atoms with E-state index >= 15 is 0 Å². The van der Waals surface area contributed by atoms with E-state index in [4.69, 9.17) is 4.74 Å². The lowest BCUT2D eigenvalue weighted by Crippen LogP contribution is -2.33. The molecule has 1 saturated carbocycles. The Labute approximate surface area is 170 Å². The number of hydrogen-bond donors (Lipinski definition) is 0. The lowest BCUT2D eigenvalue weighted by molar-refractivity contribution is -0.145. The van der Waals surface area contributed by atoms with Crippen LogP contribution in [0.3, 0.4) is 0 Å². The normalized spacial score (nSPS) is 23.5. The molecular weight excluding hydrogens is 370 g/mol. The van der Waals surface area contributed by atoms with Gasteiger partial charge in [-0.2, -0.15) is 0 Å². The Hall–Kier alpha value is -2.50. The molecule has 1 saturated heterocycles. The summed E-state index contributed by atoms with van der Waals surface area (Å²) in [4.78, 5) is 50.5. The van der Waals surface area contributed by atoms with Crippen LogP contribution in [0.15, 0.2) is 18.2 Å². The number of likely N-dealkylation sites (tertiary alicyclic amines) is 1. The number of aryl methyl sites for hydroxylation is 2. The standard InChI is InChI=1S/C23H27NO5/c25-20(17-10-9-15-5-1-2-6-16(15)13-17)14-29-21(26)11-12-24-22(27)18-7-3-4-8-19(18)23(24)28/h9-10,13,18-19H,1-8,11-12,14H2/t18-,19-/m1/s1. The average Bonchev–Trinajstić information content (AvgIpc) is 3.00. The van der Waals surface area contributed by atoms with Crippen LogP contribution in [0, 0.1) is 11.8 Å². The largest absolute Gasteiger partial charge is 0.457 e. The number of esters is 1. The van der Waals surface area contributed by atoms with E-state index in [1.807, 2.05) is 12.1 Å². The molecular formula is C23H27NO5. The number of ether oxygens (including phenoxy) is 1. The third kappa shape index (κ3) is 4.11. The summed E-state index contributed by atoms with van der Waals surface area (Å²) < 4.78 is 5.11. The number of ketones is 1. The van der Waals surface area contributed by atoms with Crippen molar-refractivity contribution < 1.29 is 23.9 Å². The second kappa shape index (κ2) is 8.47. The maximum Gasteiger partial charge on any atom is 0.308 e. The molecule has 1 aromatic carbocycles. The highest BCUT2D eigenvalue weighted by Gasteiger charge is 2.47. The maximum absolute atomic E-state index is 12.4. The number of benzene rings is 1. The van der Waals surface area contributed by atoms with Crippen LogP contribution in [-0.2, 0) is 32.0 Å². The smallest absolute Gasteiger partial charge is 0.308 e. The molecule has 154 valence electrons. The molecule has 0 spiro atoms. The van der Waals surface area contributed by atoms with Crippen LogP contribution >= 0.6 is 0 Å². The van der Waals surface area contributed by atoms with Crippen molar-refractivity contribution in [3.63, 3.8) is 0 Å². The molecule has 0 bridgehead atoms. The van der Waals surface area contributed by atoms with Gasteiger partial charge in [0.15, 0.2) is 12.4 Å². The highest BCUT2D eigenvalue weighted by Crippen LogP contribution is 2.38. The highest BCUT2D eigenvalue weighted by molar-refractivity contribution is 6.05. The quantitative estimate of drug-likeness (QED) is 0.419. The number of carbonyl (C=O) groups excluding carboxylic acids is 4. The van der Waals surface area contributed by atoms with Crippen molar-refractivity contribution in [2.75, 3.05) is 13.2 Å². The fraction of sp³-hybridized carbons (Fsp3) is 0.565. The van der Waals surface area contributed by atoms with Gasteiger partial charge < -0.3 is 4.74 Å². The molecule has 0 N–H and O–H groups in total. The fourth-order valence-electron chi connectivity index (χ4n) is 4.86. The molecule has 6 nitrogen and oxygen atoms in total. The van der Waals surface area contributed by atoms with Gasteiger partial charge in [-0.25, -0.2) is 0 Å². The first-order valence-corrected chi connectivity index (χ1v) is 10.7. The van der Waals surface area contributed by atoms with Gasteiger partial charge in [0.2, 0.25) is 11.8 Å². The summed E-state index contributed by atoms with van der Waals surface area (Å²) in [7, 11) is 0. The van der Waals surface area contributed by atoms with Gasteiger partial charge in [-0.05, 0) is 55.7 Å².